The molecular weight excluding hydrogens is 308 g/mol. The number of unbranched alkanes of at least 4 members (excludes halogenated alkanes) is 1. The molecule has 1 aromatic carbocycles. The van der Waals surface area contributed by atoms with Crippen molar-refractivity contribution in [1.82, 2.24) is 15.1 Å². The normalized spacial score (nSPS) is 10.6. The Morgan fingerprint density at radius 1 is 1.33 bits per heavy atom. The fourth-order valence-electron chi connectivity index (χ4n) is 2.31. The largest absolute Gasteiger partial charge is 0.423 e. The van der Waals surface area contributed by atoms with Gasteiger partial charge in [-0.25, -0.2) is 4.79 Å². The van der Waals surface area contributed by atoms with E-state index in [0.717, 1.165) is 24.0 Å². The summed E-state index contributed by atoms with van der Waals surface area (Å²) in [5.41, 5.74) is 2.41. The van der Waals surface area contributed by atoms with Crippen LogP contribution in [0.2, 0.25) is 0 Å². The van der Waals surface area contributed by atoms with Gasteiger partial charge in [-0.3, -0.25) is 0 Å². The van der Waals surface area contributed by atoms with Crippen LogP contribution in [0.5, 0.6) is 0 Å². The van der Waals surface area contributed by atoms with Gasteiger partial charge in [0.05, 0.1) is 0 Å². The van der Waals surface area contributed by atoms with Crippen LogP contribution < -0.4 is 5.32 Å². The highest BCUT2D eigenvalue weighted by atomic mass is 16.4. The van der Waals surface area contributed by atoms with Gasteiger partial charge in [0.15, 0.2) is 0 Å². The quantitative estimate of drug-likeness (QED) is 0.775. The molecule has 1 heterocycles. The first-order valence-corrected chi connectivity index (χ1v) is 8.19. The Labute approximate surface area is 141 Å². The number of aliphatic hydroxyl groups is 1. The minimum Gasteiger partial charge on any atom is -0.423 e. The molecule has 130 valence electrons. The number of aliphatic hydroxyl groups excluding tert-OH is 1. The van der Waals surface area contributed by atoms with Crippen LogP contribution in [0.25, 0.3) is 11.5 Å². The Hall–Kier alpha value is -2.41. The van der Waals surface area contributed by atoms with Crippen LogP contribution >= 0.6 is 0 Å². The molecule has 7 nitrogen and oxygen atoms in total. The van der Waals surface area contributed by atoms with E-state index in [1.807, 2.05) is 25.1 Å². The van der Waals surface area contributed by atoms with E-state index in [9.17, 15) is 4.79 Å². The van der Waals surface area contributed by atoms with E-state index in [1.54, 1.807) is 4.90 Å². The minimum absolute atomic E-state index is 0.0710. The van der Waals surface area contributed by atoms with Crippen molar-refractivity contribution in [2.75, 3.05) is 25.0 Å². The number of carbonyl (C=O) groups is 1. The second kappa shape index (κ2) is 9.02. The number of urea groups is 1. The maximum Gasteiger partial charge on any atom is 0.321 e. The third-order valence-corrected chi connectivity index (χ3v) is 3.74. The van der Waals surface area contributed by atoms with Gasteiger partial charge in [-0.1, -0.05) is 19.4 Å². The number of hydrogen-bond donors (Lipinski definition) is 2. The van der Waals surface area contributed by atoms with E-state index in [-0.39, 0.29) is 12.6 Å². The number of benzene rings is 1. The predicted octanol–water partition coefficient (Wildman–Crippen LogP) is 3.06. The summed E-state index contributed by atoms with van der Waals surface area (Å²) in [7, 11) is 0. The van der Waals surface area contributed by atoms with E-state index in [2.05, 4.69) is 22.4 Å². The van der Waals surface area contributed by atoms with Gasteiger partial charge in [0.2, 0.25) is 12.3 Å². The average Bonchev–Trinajstić information content (AvgIpc) is 3.11. The van der Waals surface area contributed by atoms with Gasteiger partial charge in [-0.15, -0.1) is 10.2 Å². The van der Waals surface area contributed by atoms with Gasteiger partial charge in [0.1, 0.15) is 0 Å². The number of rotatable bonds is 8. The van der Waals surface area contributed by atoms with Crippen molar-refractivity contribution in [2.24, 2.45) is 0 Å². The highest BCUT2D eigenvalue weighted by molar-refractivity contribution is 5.91. The molecule has 2 amide bonds. The number of nitrogens with one attached hydrogen (secondary N) is 1. The third kappa shape index (κ3) is 4.79. The fraction of sp³-hybridized carbons (Fsp3) is 0.471. The number of hydrogen-bond acceptors (Lipinski definition) is 5. The number of aryl methyl sites for hydroxylation is 1. The van der Waals surface area contributed by atoms with Crippen LogP contribution in [0, 0.1) is 6.92 Å². The predicted molar refractivity (Wildman–Crippen MR) is 91.7 cm³/mol. The summed E-state index contributed by atoms with van der Waals surface area (Å²) in [5.74, 6) is 0.411. The molecule has 0 aliphatic heterocycles. The Balaban J connectivity index is 2.12. The van der Waals surface area contributed by atoms with Gasteiger partial charge < -0.3 is 19.7 Å². The number of carbonyl (C=O) groups excluding carboxylic acids is 1. The topological polar surface area (TPSA) is 91.5 Å². The first kappa shape index (κ1) is 17.9. The molecule has 0 saturated carbocycles. The maximum atomic E-state index is 12.6. The van der Waals surface area contributed by atoms with Crippen molar-refractivity contribution in [1.29, 1.82) is 0 Å². The molecule has 2 rings (SSSR count). The standard InChI is InChI=1S/C17H24N4O3/c1-3-4-8-21(9-5-10-22)17(23)19-15-11-14(7-6-13(15)2)16-20-18-12-24-16/h6-7,11-12,22H,3-5,8-10H2,1-2H3,(H,19,23). The van der Waals surface area contributed by atoms with Gasteiger partial charge >= 0.3 is 6.03 Å². The molecule has 0 bridgehead atoms. The monoisotopic (exact) mass is 332 g/mol. The molecule has 24 heavy (non-hydrogen) atoms. The Bertz CT molecular complexity index is 635. The zero-order valence-electron chi connectivity index (χ0n) is 14.2. The summed E-state index contributed by atoms with van der Waals surface area (Å²) in [6, 6.07) is 5.44. The van der Waals surface area contributed by atoms with Crippen molar-refractivity contribution in [3.8, 4) is 11.5 Å². The zero-order chi connectivity index (χ0) is 17.4. The first-order valence-electron chi connectivity index (χ1n) is 8.19. The molecule has 0 fully saturated rings. The fourth-order valence-corrected chi connectivity index (χ4v) is 2.31. The van der Waals surface area contributed by atoms with E-state index >= 15 is 0 Å². The molecule has 0 aliphatic carbocycles. The SMILES string of the molecule is CCCCN(CCCO)C(=O)Nc1cc(-c2nnco2)ccc1C. The maximum absolute atomic E-state index is 12.6. The van der Waals surface area contributed by atoms with Gasteiger partial charge in [-0.05, 0) is 37.5 Å². The number of aromatic nitrogens is 2. The summed E-state index contributed by atoms with van der Waals surface area (Å²) in [4.78, 5) is 14.3. The van der Waals surface area contributed by atoms with Crippen LogP contribution in [0.4, 0.5) is 10.5 Å². The van der Waals surface area contributed by atoms with Crippen LogP contribution in [0.1, 0.15) is 31.7 Å². The summed E-state index contributed by atoms with van der Waals surface area (Å²) in [6.45, 7) is 5.29. The van der Waals surface area contributed by atoms with Crippen LogP contribution in [0.15, 0.2) is 29.0 Å². The zero-order valence-corrected chi connectivity index (χ0v) is 14.2. The van der Waals surface area contributed by atoms with E-state index < -0.39 is 0 Å². The van der Waals surface area contributed by atoms with Crippen LogP contribution in [-0.4, -0.2) is 45.9 Å². The molecule has 0 atom stereocenters. The molecule has 0 aliphatic rings. The van der Waals surface area contributed by atoms with Gasteiger partial charge in [0.25, 0.3) is 0 Å². The molecule has 2 aromatic rings. The lowest BCUT2D eigenvalue weighted by atomic mass is 10.1. The third-order valence-electron chi connectivity index (χ3n) is 3.74. The first-order chi connectivity index (χ1) is 11.7. The van der Waals surface area contributed by atoms with Crippen molar-refractivity contribution in [3.63, 3.8) is 0 Å². The molecule has 7 heteroatoms. The number of amides is 2. The average molecular weight is 332 g/mol. The molecule has 1 aromatic heterocycles. The molecular formula is C17H24N4O3. The lowest BCUT2D eigenvalue weighted by Gasteiger charge is -2.23. The van der Waals surface area contributed by atoms with Crippen molar-refractivity contribution < 1.29 is 14.3 Å². The molecule has 0 saturated heterocycles. The Morgan fingerprint density at radius 3 is 2.79 bits per heavy atom. The van der Waals surface area contributed by atoms with E-state index in [4.69, 9.17) is 9.52 Å². The summed E-state index contributed by atoms with van der Waals surface area (Å²) in [5, 5.41) is 19.5. The van der Waals surface area contributed by atoms with Gasteiger partial charge in [0, 0.05) is 30.9 Å². The van der Waals surface area contributed by atoms with Crippen molar-refractivity contribution in [2.45, 2.75) is 33.1 Å². The summed E-state index contributed by atoms with van der Waals surface area (Å²) in [6.07, 6.45) is 3.78. The molecule has 0 radical (unpaired) electrons. The highest BCUT2D eigenvalue weighted by Crippen LogP contribution is 2.24. The molecule has 2 N–H and O–H groups in total. The van der Waals surface area contributed by atoms with Crippen LogP contribution in [0.3, 0.4) is 0 Å². The summed E-state index contributed by atoms with van der Waals surface area (Å²) < 4.78 is 5.20. The lowest BCUT2D eigenvalue weighted by molar-refractivity contribution is 0.201. The summed E-state index contributed by atoms with van der Waals surface area (Å²) >= 11 is 0. The Morgan fingerprint density at radius 2 is 2.12 bits per heavy atom. The number of anilines is 1. The van der Waals surface area contributed by atoms with Crippen molar-refractivity contribution >= 4 is 11.7 Å². The Kier molecular flexibility index (Phi) is 6.74. The highest BCUT2D eigenvalue weighted by Gasteiger charge is 2.15. The lowest BCUT2D eigenvalue weighted by Crippen LogP contribution is -2.37. The second-order valence-corrected chi connectivity index (χ2v) is 5.62. The van der Waals surface area contributed by atoms with Gasteiger partial charge in [-0.2, -0.15) is 0 Å². The molecule has 0 unspecified atom stereocenters. The number of nitrogens with zero attached hydrogens (tertiary/aromatic N) is 3. The minimum atomic E-state index is -0.164. The van der Waals surface area contributed by atoms with E-state index in [1.165, 1.54) is 6.39 Å². The second-order valence-electron chi connectivity index (χ2n) is 5.62. The smallest absolute Gasteiger partial charge is 0.321 e. The van der Waals surface area contributed by atoms with Crippen molar-refractivity contribution in [3.05, 3.63) is 30.2 Å². The van der Waals surface area contributed by atoms with Crippen LogP contribution in [-0.2, 0) is 0 Å². The van der Waals surface area contributed by atoms with E-state index in [0.29, 0.717) is 31.1 Å². The molecule has 0 spiro atoms.